The van der Waals surface area contributed by atoms with Crippen molar-refractivity contribution in [1.29, 1.82) is 5.26 Å². The Hall–Kier alpha value is -4.02. The molecular weight excluding hydrogens is 430 g/mol. The normalized spacial score (nSPS) is 12.1. The standard InChI is InChI=1S/C27H27N3O4/c1-18(2)34-21-10-7-19(8-11-21)13-15-33-26(29(3)27(31)32)20-9-12-22-23(17-28)24-6-4-5-14-30(24)25(22)16-20/h4-12,14,16,18,26H,13,15H2,1-3H3,(H,31,32). The summed E-state index contributed by atoms with van der Waals surface area (Å²) >= 11 is 0. The fourth-order valence-electron chi connectivity index (χ4n) is 4.05. The third-order valence-electron chi connectivity index (χ3n) is 5.68. The van der Waals surface area contributed by atoms with Crippen molar-refractivity contribution >= 4 is 22.5 Å². The van der Waals surface area contributed by atoms with Crippen LogP contribution < -0.4 is 4.74 Å². The van der Waals surface area contributed by atoms with Gasteiger partial charge in [-0.05, 0) is 56.2 Å². The first kappa shape index (κ1) is 23.1. The van der Waals surface area contributed by atoms with Gasteiger partial charge in [0.1, 0.15) is 11.8 Å². The molecule has 2 heterocycles. The smallest absolute Gasteiger partial charge is 0.409 e. The van der Waals surface area contributed by atoms with Gasteiger partial charge in [-0.1, -0.05) is 30.3 Å². The zero-order chi connectivity index (χ0) is 24.2. The minimum Gasteiger partial charge on any atom is -0.491 e. The molecule has 1 amide bonds. The maximum atomic E-state index is 11.8. The zero-order valence-electron chi connectivity index (χ0n) is 19.4. The first-order valence-corrected chi connectivity index (χ1v) is 11.1. The van der Waals surface area contributed by atoms with Crippen molar-refractivity contribution in [3.63, 3.8) is 0 Å². The lowest BCUT2D eigenvalue weighted by Gasteiger charge is -2.26. The SMILES string of the molecule is CC(C)Oc1ccc(CCOC(c2ccc3c(C#N)c4ccccn4c3c2)N(C)C(=O)O)cc1. The van der Waals surface area contributed by atoms with Gasteiger partial charge in [0.25, 0.3) is 0 Å². The summed E-state index contributed by atoms with van der Waals surface area (Å²) in [6, 6.07) is 21.4. The molecule has 2 aromatic carbocycles. The highest BCUT2D eigenvalue weighted by atomic mass is 16.5. The molecule has 4 rings (SSSR count). The van der Waals surface area contributed by atoms with Gasteiger partial charge in [-0.15, -0.1) is 0 Å². The van der Waals surface area contributed by atoms with Gasteiger partial charge in [0.2, 0.25) is 0 Å². The summed E-state index contributed by atoms with van der Waals surface area (Å²) in [5.41, 5.74) is 4.00. The number of benzene rings is 2. The van der Waals surface area contributed by atoms with Crippen LogP contribution in [0.3, 0.4) is 0 Å². The molecule has 0 radical (unpaired) electrons. The zero-order valence-corrected chi connectivity index (χ0v) is 19.4. The number of aromatic nitrogens is 1. The average molecular weight is 458 g/mol. The molecule has 34 heavy (non-hydrogen) atoms. The second-order valence-electron chi connectivity index (χ2n) is 8.40. The van der Waals surface area contributed by atoms with Crippen molar-refractivity contribution < 1.29 is 19.4 Å². The molecule has 0 spiro atoms. The number of ether oxygens (including phenoxy) is 2. The van der Waals surface area contributed by atoms with Crippen LogP contribution in [0.2, 0.25) is 0 Å². The van der Waals surface area contributed by atoms with E-state index in [0.29, 0.717) is 24.2 Å². The van der Waals surface area contributed by atoms with E-state index in [9.17, 15) is 15.2 Å². The monoisotopic (exact) mass is 457 g/mol. The van der Waals surface area contributed by atoms with Crippen LogP contribution in [0.5, 0.6) is 5.75 Å². The summed E-state index contributed by atoms with van der Waals surface area (Å²) in [5.74, 6) is 0.813. The second kappa shape index (κ2) is 9.86. The first-order valence-electron chi connectivity index (χ1n) is 11.1. The molecule has 2 aromatic heterocycles. The number of fused-ring (bicyclic) bond motifs is 3. The Morgan fingerprint density at radius 2 is 1.88 bits per heavy atom. The summed E-state index contributed by atoms with van der Waals surface area (Å²) in [5, 5.41) is 20.1. The van der Waals surface area contributed by atoms with E-state index in [0.717, 1.165) is 32.6 Å². The Bertz CT molecular complexity index is 1350. The number of pyridine rings is 1. The van der Waals surface area contributed by atoms with Crippen molar-refractivity contribution in [3.05, 3.63) is 83.6 Å². The van der Waals surface area contributed by atoms with Gasteiger partial charge in [0.15, 0.2) is 6.23 Å². The van der Waals surface area contributed by atoms with Gasteiger partial charge in [-0.2, -0.15) is 5.26 Å². The van der Waals surface area contributed by atoms with Crippen LogP contribution in [0.4, 0.5) is 4.79 Å². The molecule has 1 unspecified atom stereocenters. The Kier molecular flexibility index (Phi) is 6.71. The van der Waals surface area contributed by atoms with Crippen molar-refractivity contribution in [3.8, 4) is 11.8 Å². The fraction of sp³-hybridized carbons (Fsp3) is 0.259. The van der Waals surface area contributed by atoms with E-state index in [1.54, 1.807) is 0 Å². The number of hydrogen-bond donors (Lipinski definition) is 1. The number of nitrogens with zero attached hydrogens (tertiary/aromatic N) is 3. The second-order valence-corrected chi connectivity index (χ2v) is 8.40. The molecule has 7 nitrogen and oxygen atoms in total. The highest BCUT2D eigenvalue weighted by molar-refractivity contribution is 5.95. The number of carboxylic acid groups (broad SMARTS) is 1. The predicted octanol–water partition coefficient (Wildman–Crippen LogP) is 5.62. The molecule has 0 saturated heterocycles. The Labute approximate surface area is 198 Å². The van der Waals surface area contributed by atoms with E-state index in [-0.39, 0.29) is 6.10 Å². The molecule has 174 valence electrons. The van der Waals surface area contributed by atoms with Crippen LogP contribution in [0.1, 0.15) is 36.8 Å². The molecule has 1 atom stereocenters. The summed E-state index contributed by atoms with van der Waals surface area (Å²) in [6.07, 6.45) is 0.760. The number of rotatable bonds is 8. The van der Waals surface area contributed by atoms with E-state index in [4.69, 9.17) is 9.47 Å². The van der Waals surface area contributed by atoms with Crippen molar-refractivity contribution in [2.45, 2.75) is 32.6 Å². The molecule has 1 N–H and O–H groups in total. The number of hydrogen-bond acceptors (Lipinski definition) is 4. The molecule has 0 aliphatic rings. The lowest BCUT2D eigenvalue weighted by molar-refractivity contribution is -0.0383. The summed E-state index contributed by atoms with van der Waals surface area (Å²) in [7, 11) is 1.49. The molecule has 0 aliphatic heterocycles. The third kappa shape index (κ3) is 4.68. The van der Waals surface area contributed by atoms with Crippen molar-refractivity contribution in [2.75, 3.05) is 13.7 Å². The number of amides is 1. The van der Waals surface area contributed by atoms with Gasteiger partial charge in [0, 0.05) is 24.2 Å². The molecule has 7 heteroatoms. The molecule has 4 aromatic rings. The topological polar surface area (TPSA) is 87.2 Å². The Morgan fingerprint density at radius 3 is 2.56 bits per heavy atom. The van der Waals surface area contributed by atoms with Gasteiger partial charge >= 0.3 is 6.09 Å². The Morgan fingerprint density at radius 1 is 1.12 bits per heavy atom. The summed E-state index contributed by atoms with van der Waals surface area (Å²) < 4.78 is 13.7. The lowest BCUT2D eigenvalue weighted by atomic mass is 10.1. The molecule has 0 bridgehead atoms. The summed E-state index contributed by atoms with van der Waals surface area (Å²) in [6.45, 7) is 4.30. The minimum absolute atomic E-state index is 0.112. The molecular formula is C27H27N3O4. The maximum absolute atomic E-state index is 11.8. The summed E-state index contributed by atoms with van der Waals surface area (Å²) in [4.78, 5) is 12.9. The van der Waals surface area contributed by atoms with Crippen molar-refractivity contribution in [1.82, 2.24) is 9.30 Å². The van der Waals surface area contributed by atoms with Crippen LogP contribution in [0.25, 0.3) is 16.4 Å². The average Bonchev–Trinajstić information content (AvgIpc) is 3.15. The predicted molar refractivity (Wildman–Crippen MR) is 130 cm³/mol. The highest BCUT2D eigenvalue weighted by Gasteiger charge is 2.23. The lowest BCUT2D eigenvalue weighted by Crippen LogP contribution is -2.32. The van der Waals surface area contributed by atoms with E-state index in [1.807, 2.05) is 85.1 Å². The van der Waals surface area contributed by atoms with Crippen molar-refractivity contribution in [2.24, 2.45) is 0 Å². The van der Waals surface area contributed by atoms with Gasteiger partial charge < -0.3 is 19.0 Å². The van der Waals surface area contributed by atoms with Crippen LogP contribution in [0, 0.1) is 11.3 Å². The highest BCUT2D eigenvalue weighted by Crippen LogP contribution is 2.30. The third-order valence-corrected chi connectivity index (χ3v) is 5.68. The molecule has 0 saturated carbocycles. The number of carbonyl (C=O) groups is 1. The fourth-order valence-corrected chi connectivity index (χ4v) is 4.05. The van der Waals surface area contributed by atoms with Crippen LogP contribution >= 0.6 is 0 Å². The largest absolute Gasteiger partial charge is 0.491 e. The van der Waals surface area contributed by atoms with E-state index < -0.39 is 12.3 Å². The van der Waals surface area contributed by atoms with Gasteiger partial charge in [-0.3, -0.25) is 4.90 Å². The van der Waals surface area contributed by atoms with Crippen LogP contribution in [-0.2, 0) is 11.2 Å². The van der Waals surface area contributed by atoms with Gasteiger partial charge in [-0.25, -0.2) is 4.79 Å². The minimum atomic E-state index is -1.09. The molecule has 0 aliphatic carbocycles. The van der Waals surface area contributed by atoms with Crippen LogP contribution in [-0.4, -0.2) is 40.3 Å². The van der Waals surface area contributed by atoms with E-state index in [2.05, 4.69) is 6.07 Å². The van der Waals surface area contributed by atoms with E-state index in [1.165, 1.54) is 7.05 Å². The van der Waals surface area contributed by atoms with E-state index >= 15 is 0 Å². The quantitative estimate of drug-likeness (QED) is 0.347. The number of nitriles is 1. The molecule has 0 fully saturated rings. The first-order chi connectivity index (χ1) is 16.4. The van der Waals surface area contributed by atoms with Gasteiger partial charge in [0.05, 0.1) is 29.3 Å². The Balaban J connectivity index is 1.58. The maximum Gasteiger partial charge on any atom is 0.409 e. The van der Waals surface area contributed by atoms with Crippen LogP contribution in [0.15, 0.2) is 66.9 Å².